The molecule has 0 aliphatic carbocycles. The summed E-state index contributed by atoms with van der Waals surface area (Å²) < 4.78 is 64.1. The Labute approximate surface area is 676 Å². The van der Waals surface area contributed by atoms with E-state index in [0.717, 1.165) is 58.1 Å². The number of esters is 5. The number of ether oxygens (including phenoxy) is 12. The van der Waals surface area contributed by atoms with E-state index >= 15 is 0 Å². The van der Waals surface area contributed by atoms with E-state index in [1.54, 1.807) is 88.6 Å². The van der Waals surface area contributed by atoms with E-state index in [2.05, 4.69) is 44.4 Å². The minimum atomic E-state index is -1.15. The number of phenolic OH excluding ortho intramolecular Hbond substituents is 1. The molecule has 4 N–H and O–H groups in total. The number of Topliss-reactive ketones (excluding diaryl/α,β-unsaturated/α-hetero) is 1. The van der Waals surface area contributed by atoms with E-state index in [-0.39, 0.29) is 84.1 Å². The van der Waals surface area contributed by atoms with Crippen molar-refractivity contribution in [3.63, 3.8) is 0 Å². The average Bonchev–Trinajstić information content (AvgIpc) is 1.66. The van der Waals surface area contributed by atoms with Crippen molar-refractivity contribution in [2.24, 2.45) is 25.5 Å². The molecule has 34 heteroatoms. The number of aliphatic hydroxyl groups is 1. The molecule has 0 bridgehead atoms. The molecule has 6 heterocycles. The number of phenols is 1. The first-order chi connectivity index (χ1) is 56.6. The number of halogens is 1. The van der Waals surface area contributed by atoms with Crippen molar-refractivity contribution in [3.8, 4) is 46.0 Å². The lowest BCUT2D eigenvalue weighted by Crippen LogP contribution is -2.16. The Kier molecular flexibility index (Phi) is 41.7. The minimum Gasteiger partial charge on any atom is -0.507 e. The zero-order chi connectivity index (χ0) is 85.3. The number of furan rings is 1. The third-order valence-corrected chi connectivity index (χ3v) is 14.6. The van der Waals surface area contributed by atoms with Crippen LogP contribution in [0, 0.1) is 0 Å². The summed E-state index contributed by atoms with van der Waals surface area (Å²) in [5.41, 5.74) is 6.85. The number of nitrogens with zero attached hydrogens (tertiary/aromatic N) is 5. The molecule has 0 unspecified atom stereocenters. The average molecular weight is 1640 g/mol. The van der Waals surface area contributed by atoms with Crippen LogP contribution in [0.4, 0.5) is 0 Å². The number of hydrogen-bond acceptors (Lipinski definition) is 31. The SMILES string of the molecule is C1CO1.CC(=O)Oc1coc2ccccc12.CCOC(=O)CCl.CCOC(=O)COc1ccccc1C(=O)OC.CN=C1COc2ccccc21.CN=C1Oc2ccccc2/C1=N\OC.CO/N=C1/C(=NOCCO)Oc2ccccc21.COC(=O)c1ccccc1O.O=C(O)COc1ccccc1C(=O)O.O=C1COc2ccccc21. The number of ketones is 1. The van der Waals surface area contributed by atoms with Crippen LogP contribution in [0.2, 0.25) is 0 Å². The third-order valence-electron chi connectivity index (χ3n) is 14.4. The molecule has 1 saturated heterocycles. The van der Waals surface area contributed by atoms with Gasteiger partial charge in [-0.3, -0.25) is 24.4 Å². The summed E-state index contributed by atoms with van der Waals surface area (Å²) in [4.78, 5) is 108. The van der Waals surface area contributed by atoms with E-state index in [4.69, 9.17) is 88.9 Å². The Hall–Kier alpha value is -14.2. The summed E-state index contributed by atoms with van der Waals surface area (Å²) >= 11 is 5.06. The molecule has 5 aliphatic heterocycles. The first-order valence-electron chi connectivity index (χ1n) is 35.1. The molecule has 33 nitrogen and oxygen atoms in total. The summed E-state index contributed by atoms with van der Waals surface area (Å²) in [5, 5.41) is 47.0. The number of carboxylic acids is 2. The minimum absolute atomic E-state index is 0.0475. The van der Waals surface area contributed by atoms with Gasteiger partial charge >= 0.3 is 41.8 Å². The van der Waals surface area contributed by atoms with E-state index in [9.17, 15) is 38.4 Å². The highest BCUT2D eigenvalue weighted by Gasteiger charge is 2.29. The highest BCUT2D eigenvalue weighted by Crippen LogP contribution is 2.31. The van der Waals surface area contributed by atoms with Gasteiger partial charge in [-0.15, -0.1) is 11.6 Å². The summed E-state index contributed by atoms with van der Waals surface area (Å²) in [6.45, 7) is 7.55. The molecule has 5 aliphatic rings. The Bertz CT molecular complexity index is 4900. The second-order valence-corrected chi connectivity index (χ2v) is 22.7. The van der Waals surface area contributed by atoms with Gasteiger partial charge in [-0.05, 0) is 116 Å². The number of aliphatic carboxylic acids is 1. The van der Waals surface area contributed by atoms with Crippen molar-refractivity contribution in [3.05, 3.63) is 239 Å². The number of alkyl halides is 1. The summed E-state index contributed by atoms with van der Waals surface area (Å²) in [6, 6.07) is 56.3. The van der Waals surface area contributed by atoms with Crippen LogP contribution in [0.5, 0.6) is 46.0 Å². The highest BCUT2D eigenvalue weighted by molar-refractivity contribution is 6.49. The van der Waals surface area contributed by atoms with Crippen LogP contribution in [0.1, 0.15) is 78.9 Å². The van der Waals surface area contributed by atoms with Gasteiger partial charge in [0.2, 0.25) is 11.7 Å². The fourth-order valence-corrected chi connectivity index (χ4v) is 9.38. The number of aliphatic hydroxyl groups excluding tert-OH is 1. The number of oxime groups is 3. The van der Waals surface area contributed by atoms with Gasteiger partial charge in [-0.1, -0.05) is 107 Å². The second kappa shape index (κ2) is 52.2. The molecule has 0 spiro atoms. The molecule has 9 aromatic rings. The Morgan fingerprint density at radius 3 is 1.50 bits per heavy atom. The lowest BCUT2D eigenvalue weighted by molar-refractivity contribution is -0.145. The van der Waals surface area contributed by atoms with Gasteiger partial charge in [0.25, 0.3) is 5.90 Å². The number of carbonyl (C=O) groups is 8. The Balaban J connectivity index is 0.000000235. The number of carboxylic acid groups (broad SMARTS) is 2. The van der Waals surface area contributed by atoms with Crippen LogP contribution in [0.3, 0.4) is 0 Å². The maximum absolute atomic E-state index is 11.4. The van der Waals surface area contributed by atoms with Crippen molar-refractivity contribution in [1.29, 1.82) is 0 Å². The first kappa shape index (κ1) is 93.4. The number of aliphatic imine (C=N–C) groups is 2. The summed E-state index contributed by atoms with van der Waals surface area (Å²) in [7, 11) is 8.95. The summed E-state index contributed by atoms with van der Waals surface area (Å²) in [6.07, 6.45) is 1.44. The molecule has 14 rings (SSSR count). The number of para-hydroxylation sites is 8. The van der Waals surface area contributed by atoms with Crippen molar-refractivity contribution in [2.45, 2.75) is 20.8 Å². The van der Waals surface area contributed by atoms with Crippen LogP contribution in [-0.4, -0.2) is 211 Å². The highest BCUT2D eigenvalue weighted by atomic mass is 35.5. The van der Waals surface area contributed by atoms with Crippen LogP contribution in [0.25, 0.3) is 11.0 Å². The smallest absolute Gasteiger partial charge is 0.344 e. The molecule has 0 radical (unpaired) electrons. The van der Waals surface area contributed by atoms with E-state index in [1.165, 1.54) is 72.0 Å². The predicted octanol–water partition coefficient (Wildman–Crippen LogP) is 11.6. The summed E-state index contributed by atoms with van der Waals surface area (Å²) in [5.74, 6) is 0.0987. The van der Waals surface area contributed by atoms with Gasteiger partial charge in [-0.25, -0.2) is 24.0 Å². The number of benzene rings is 8. The van der Waals surface area contributed by atoms with Crippen molar-refractivity contribution < 1.29 is 135 Å². The molecule has 1 fully saturated rings. The Morgan fingerprint density at radius 2 is 0.983 bits per heavy atom. The zero-order valence-corrected chi connectivity index (χ0v) is 65.8. The van der Waals surface area contributed by atoms with Gasteiger partial charge in [-0.2, -0.15) is 0 Å². The number of epoxide rings is 1. The zero-order valence-electron chi connectivity index (χ0n) is 65.0. The van der Waals surface area contributed by atoms with Gasteiger partial charge in [0.1, 0.15) is 102 Å². The predicted molar refractivity (Wildman–Crippen MR) is 427 cm³/mol. The molecular formula is C83H86ClN5O28. The maximum Gasteiger partial charge on any atom is 0.344 e. The van der Waals surface area contributed by atoms with Gasteiger partial charge in [0.05, 0.1) is 75.0 Å². The number of carbonyl (C=O) groups excluding carboxylic acids is 6. The molecule has 0 amide bonds. The number of rotatable bonds is 18. The molecule has 1 aromatic heterocycles. The number of hydrogen-bond donors (Lipinski definition) is 4. The normalized spacial score (nSPS) is 13.5. The van der Waals surface area contributed by atoms with E-state index in [1.807, 2.05) is 103 Å². The van der Waals surface area contributed by atoms with Crippen molar-refractivity contribution >= 4 is 99.1 Å². The fourth-order valence-electron chi connectivity index (χ4n) is 9.30. The number of fused-ring (bicyclic) bond motifs is 5. The molecule has 0 saturated carbocycles. The lowest BCUT2D eigenvalue weighted by Gasteiger charge is -2.09. The second-order valence-electron chi connectivity index (χ2n) is 22.4. The first-order valence-corrected chi connectivity index (χ1v) is 35.6. The third kappa shape index (κ3) is 31.7. The van der Waals surface area contributed by atoms with Crippen LogP contribution >= 0.6 is 11.6 Å². The quantitative estimate of drug-likeness (QED) is 0.0155. The monoisotopic (exact) mass is 1640 g/mol. The number of methoxy groups -OCH3 is 2. The van der Waals surface area contributed by atoms with Crippen LogP contribution in [-0.2, 0) is 57.4 Å². The fraction of sp³-hybridized carbons (Fsp3) is 0.241. The molecule has 8 aromatic carbocycles. The van der Waals surface area contributed by atoms with Gasteiger partial charge in [0.15, 0.2) is 37.0 Å². The molecular weight excluding hydrogens is 1550 g/mol. The van der Waals surface area contributed by atoms with Gasteiger partial charge in [0, 0.05) is 26.6 Å². The van der Waals surface area contributed by atoms with Crippen molar-refractivity contribution in [2.75, 3.05) is 114 Å². The number of aromatic hydroxyl groups is 1. The van der Waals surface area contributed by atoms with E-state index < -0.39 is 36.5 Å². The maximum atomic E-state index is 11.4. The Morgan fingerprint density at radius 1 is 0.513 bits per heavy atom. The lowest BCUT2D eigenvalue weighted by atomic mass is 10.1. The standard InChI is InChI=1S/C12H14O5.C11H12N2O4.C10H10N2O2.C10H8O3.C9H9NO.C9H8O5.C8H8O3.C8H6O2.C4H7ClO2.C2H4O/c1-3-16-11(13)8-17-10-7-5-4-6-9(10)12(14)15-2;1-15-12-10-8-4-2-3-5-9(8)17-11(10)13-16-7-6-14;1-11-10-9(12-13-2)7-5-3-4-6-8(7)14-10;1-7(11)13-10-6-12-9-5-3-2-4-8(9)10;1-10-8-6-11-9-5-3-2-4-7(8)9;10-8(11)5-14-7-4-2-1-3-6(7)9(12)13;1-11-8(10)6-4-2-3-5-7(6)9;9-7-5-10-8-4-2-1-3-6(7)8;1-2-7-4(6)3-5;1-2-3-1/h4-7H,3,8H2,1-2H3;2-5,14H,6-7H2,1H3;3-6H,1-2H3;2-6H,1H3;2-5H,6H2,1H3;1-4H,5H2,(H,10,11)(H,12,13);2-5,9H,1H3;1-4H,5H2;2-3H2,1H3;1-2H2/b;12-10+,13-11?;11-10?,12-9+;;;;;;;. The van der Waals surface area contributed by atoms with Crippen LogP contribution < -0.4 is 33.2 Å². The molecule has 117 heavy (non-hydrogen) atoms. The molecule has 618 valence electrons. The topological polar surface area (TPSA) is 434 Å². The molecule has 0 atom stereocenters. The number of aromatic carboxylic acids is 1. The van der Waals surface area contributed by atoms with E-state index in [0.29, 0.717) is 65.7 Å². The van der Waals surface area contributed by atoms with Crippen LogP contribution in [0.15, 0.2) is 230 Å². The largest absolute Gasteiger partial charge is 0.507 e. The van der Waals surface area contributed by atoms with Crippen molar-refractivity contribution in [1.82, 2.24) is 0 Å². The van der Waals surface area contributed by atoms with Gasteiger partial charge < -0.3 is 96.2 Å².